The van der Waals surface area contributed by atoms with Gasteiger partial charge in [0.25, 0.3) is 5.91 Å². The number of thiol groups is 1. The first-order valence-corrected chi connectivity index (χ1v) is 10.6. The summed E-state index contributed by atoms with van der Waals surface area (Å²) in [6.07, 6.45) is 0. The van der Waals surface area contributed by atoms with Crippen LogP contribution >= 0.6 is 0 Å². The number of amides is 1. The number of fused-ring (bicyclic) bond motifs is 1. The highest BCUT2D eigenvalue weighted by atomic mass is 32.2. The molecule has 1 atom stereocenters. The Morgan fingerprint density at radius 2 is 1.63 bits per heavy atom. The van der Waals surface area contributed by atoms with Crippen molar-refractivity contribution in [3.63, 3.8) is 0 Å². The van der Waals surface area contributed by atoms with E-state index >= 15 is 0 Å². The van der Waals surface area contributed by atoms with Crippen molar-refractivity contribution in [2.75, 3.05) is 30.3 Å². The second-order valence-electron chi connectivity index (χ2n) is 7.32. The summed E-state index contributed by atoms with van der Waals surface area (Å²) in [5.74, 6) is -0.663. The second kappa shape index (κ2) is 9.15. The van der Waals surface area contributed by atoms with Gasteiger partial charge in [-0.05, 0) is 56.1 Å². The number of nitrogens with one attached hydrogen (secondary N) is 1. The van der Waals surface area contributed by atoms with Crippen LogP contribution in [0.4, 0.5) is 11.4 Å². The summed E-state index contributed by atoms with van der Waals surface area (Å²) in [6.45, 7) is 2.15. The maximum absolute atomic E-state index is 12.9. The summed E-state index contributed by atoms with van der Waals surface area (Å²) >= 11 is 0. The van der Waals surface area contributed by atoms with Gasteiger partial charge in [0.05, 0.1) is 16.9 Å². The SMILES string of the molecule is CC(CN(c1ccccc1NC(=O)c1cc2ccccc2cc1O)[SH](=O)=O)N(C)C. The van der Waals surface area contributed by atoms with E-state index in [1.807, 2.05) is 50.2 Å². The number of hydrogen-bond acceptors (Lipinski definition) is 5. The lowest BCUT2D eigenvalue weighted by atomic mass is 10.1. The van der Waals surface area contributed by atoms with Gasteiger partial charge in [-0.2, -0.15) is 0 Å². The number of carbonyl (C=O) groups is 1. The first-order chi connectivity index (χ1) is 14.3. The van der Waals surface area contributed by atoms with Crippen LogP contribution in [-0.4, -0.2) is 51.0 Å². The molecule has 0 aliphatic carbocycles. The van der Waals surface area contributed by atoms with Crippen molar-refractivity contribution in [2.24, 2.45) is 0 Å². The molecule has 0 saturated carbocycles. The van der Waals surface area contributed by atoms with Gasteiger partial charge < -0.3 is 15.3 Å². The standard InChI is InChI=1S/C22H25N3O4S/c1-15(24(2)3)14-25(30(28)29)20-11-7-6-10-19(20)23-22(27)18-12-16-8-4-5-9-17(16)13-21(18)26/h4-13,15,26,30H,14H2,1-3H3,(H,23,27). The first kappa shape index (κ1) is 21.6. The van der Waals surface area contributed by atoms with Crippen LogP contribution in [0.25, 0.3) is 10.8 Å². The summed E-state index contributed by atoms with van der Waals surface area (Å²) in [7, 11) is 0.827. The molecule has 0 saturated heterocycles. The van der Waals surface area contributed by atoms with E-state index in [0.29, 0.717) is 11.4 Å². The lowest BCUT2D eigenvalue weighted by Crippen LogP contribution is -2.38. The van der Waals surface area contributed by atoms with Crippen LogP contribution in [0.2, 0.25) is 0 Å². The van der Waals surface area contributed by atoms with Crippen molar-refractivity contribution in [1.82, 2.24) is 4.90 Å². The molecule has 2 N–H and O–H groups in total. The summed E-state index contributed by atoms with van der Waals surface area (Å²) in [5, 5.41) is 14.7. The summed E-state index contributed by atoms with van der Waals surface area (Å²) < 4.78 is 25.2. The largest absolute Gasteiger partial charge is 0.507 e. The van der Waals surface area contributed by atoms with Gasteiger partial charge in [-0.1, -0.05) is 36.4 Å². The van der Waals surface area contributed by atoms with E-state index < -0.39 is 16.8 Å². The Labute approximate surface area is 177 Å². The maximum Gasteiger partial charge on any atom is 0.259 e. The van der Waals surface area contributed by atoms with Crippen LogP contribution in [0, 0.1) is 0 Å². The number of phenolic OH excluding ortho intramolecular Hbond substituents is 1. The van der Waals surface area contributed by atoms with E-state index in [9.17, 15) is 18.3 Å². The van der Waals surface area contributed by atoms with Crippen LogP contribution in [0.15, 0.2) is 60.7 Å². The van der Waals surface area contributed by atoms with E-state index in [1.165, 1.54) is 10.4 Å². The van der Waals surface area contributed by atoms with Crippen molar-refractivity contribution in [2.45, 2.75) is 13.0 Å². The number of hydrogen-bond donors (Lipinski definition) is 3. The Bertz CT molecular complexity index is 1140. The predicted octanol–water partition coefficient (Wildman–Crippen LogP) is 3.08. The molecule has 1 amide bonds. The fraction of sp³-hybridized carbons (Fsp3) is 0.227. The third-order valence-corrected chi connectivity index (χ3v) is 5.83. The zero-order valence-corrected chi connectivity index (χ0v) is 18.0. The van der Waals surface area contributed by atoms with Gasteiger partial charge in [0, 0.05) is 12.6 Å². The average Bonchev–Trinajstić information content (AvgIpc) is 2.71. The average molecular weight is 428 g/mol. The van der Waals surface area contributed by atoms with Gasteiger partial charge in [-0.15, -0.1) is 0 Å². The van der Waals surface area contributed by atoms with Gasteiger partial charge >= 0.3 is 0 Å². The Hall–Kier alpha value is -3.10. The molecule has 0 heterocycles. The molecule has 7 nitrogen and oxygen atoms in total. The highest BCUT2D eigenvalue weighted by Crippen LogP contribution is 2.29. The van der Waals surface area contributed by atoms with Gasteiger partial charge in [0.1, 0.15) is 5.75 Å². The van der Waals surface area contributed by atoms with Crippen LogP contribution in [-0.2, 0) is 10.9 Å². The van der Waals surface area contributed by atoms with Crippen molar-refractivity contribution in [3.05, 3.63) is 66.2 Å². The zero-order valence-electron chi connectivity index (χ0n) is 17.1. The number of aromatic hydroxyl groups is 1. The first-order valence-electron chi connectivity index (χ1n) is 9.48. The van der Waals surface area contributed by atoms with Crippen LogP contribution in [0.5, 0.6) is 5.75 Å². The van der Waals surface area contributed by atoms with Crippen molar-refractivity contribution in [3.8, 4) is 5.75 Å². The van der Waals surface area contributed by atoms with Gasteiger partial charge in [0.15, 0.2) is 0 Å². The molecule has 158 valence electrons. The van der Waals surface area contributed by atoms with Crippen LogP contribution in [0.3, 0.4) is 0 Å². The molecular formula is C22H25N3O4S. The van der Waals surface area contributed by atoms with Crippen molar-refractivity contribution in [1.29, 1.82) is 0 Å². The number of para-hydroxylation sites is 2. The predicted molar refractivity (Wildman–Crippen MR) is 121 cm³/mol. The van der Waals surface area contributed by atoms with Gasteiger partial charge in [0.2, 0.25) is 10.9 Å². The third-order valence-electron chi connectivity index (χ3n) is 5.05. The Morgan fingerprint density at radius 1 is 1.03 bits per heavy atom. The topological polar surface area (TPSA) is 90.0 Å². The third kappa shape index (κ3) is 4.72. The Kier molecular flexibility index (Phi) is 6.59. The molecule has 0 fully saturated rings. The van der Waals surface area contributed by atoms with Crippen LogP contribution in [0.1, 0.15) is 17.3 Å². The second-order valence-corrected chi connectivity index (χ2v) is 8.28. The smallest absolute Gasteiger partial charge is 0.259 e. The molecule has 0 aliphatic rings. The molecular weight excluding hydrogens is 402 g/mol. The highest BCUT2D eigenvalue weighted by Gasteiger charge is 2.20. The molecule has 0 aromatic heterocycles. The molecule has 0 aliphatic heterocycles. The Morgan fingerprint density at radius 3 is 2.27 bits per heavy atom. The highest BCUT2D eigenvalue weighted by molar-refractivity contribution is 7.74. The van der Waals surface area contributed by atoms with E-state index in [1.54, 1.807) is 30.3 Å². The summed E-state index contributed by atoms with van der Waals surface area (Å²) in [6, 6.07) is 17.2. The minimum atomic E-state index is -2.92. The molecule has 8 heteroatoms. The molecule has 3 aromatic rings. The zero-order chi connectivity index (χ0) is 21.8. The molecule has 3 aromatic carbocycles. The van der Waals surface area contributed by atoms with E-state index in [2.05, 4.69) is 5.32 Å². The fourth-order valence-corrected chi connectivity index (χ4v) is 3.79. The summed E-state index contributed by atoms with van der Waals surface area (Å²) in [4.78, 5) is 14.8. The van der Waals surface area contributed by atoms with Crippen LogP contribution < -0.4 is 9.62 Å². The minimum absolute atomic E-state index is 0.0359. The molecule has 0 bridgehead atoms. The normalized spacial score (nSPS) is 12.3. The number of anilines is 2. The number of rotatable bonds is 7. The Balaban J connectivity index is 1.94. The van der Waals surface area contributed by atoms with E-state index in [0.717, 1.165) is 10.8 Å². The van der Waals surface area contributed by atoms with Crippen molar-refractivity contribution >= 4 is 38.9 Å². The van der Waals surface area contributed by atoms with Gasteiger partial charge in [-0.3, -0.25) is 9.10 Å². The quantitative estimate of drug-likeness (QED) is 0.504. The molecule has 0 spiro atoms. The number of nitrogens with zero attached hydrogens (tertiary/aromatic N) is 2. The lowest BCUT2D eigenvalue weighted by molar-refractivity contribution is 0.102. The van der Waals surface area contributed by atoms with Gasteiger partial charge in [-0.25, -0.2) is 8.42 Å². The number of phenols is 1. The number of benzene rings is 3. The maximum atomic E-state index is 12.9. The van der Waals surface area contributed by atoms with Crippen molar-refractivity contribution < 1.29 is 18.3 Å². The summed E-state index contributed by atoms with van der Waals surface area (Å²) in [5.41, 5.74) is 0.833. The number of likely N-dealkylation sites (N-methyl/N-ethyl adjacent to an activating group) is 1. The van der Waals surface area contributed by atoms with E-state index in [-0.39, 0.29) is 23.9 Å². The monoisotopic (exact) mass is 427 g/mol. The molecule has 0 radical (unpaired) electrons. The molecule has 1 unspecified atom stereocenters. The number of carbonyl (C=O) groups excluding carboxylic acids is 1. The lowest BCUT2D eigenvalue weighted by Gasteiger charge is -2.27. The fourth-order valence-electron chi connectivity index (χ4n) is 3.07. The minimum Gasteiger partial charge on any atom is -0.507 e. The molecule has 3 rings (SSSR count). The van der Waals surface area contributed by atoms with E-state index in [4.69, 9.17) is 0 Å². The molecule has 30 heavy (non-hydrogen) atoms.